The third kappa shape index (κ3) is 2.21. The maximum absolute atomic E-state index is 10.9. The van der Waals surface area contributed by atoms with Gasteiger partial charge in [-0.2, -0.15) is 0 Å². The minimum Gasteiger partial charge on any atom is -0.481 e. The van der Waals surface area contributed by atoms with Gasteiger partial charge in [0.25, 0.3) is 0 Å². The fourth-order valence-corrected chi connectivity index (χ4v) is 2.18. The highest BCUT2D eigenvalue weighted by Crippen LogP contribution is 2.28. The lowest BCUT2D eigenvalue weighted by Crippen LogP contribution is -2.43. The predicted octanol–water partition coefficient (Wildman–Crippen LogP) is 1.38. The SMILES string of the molecule is O=C(O)[C@H]1CCCC[C@@H]1NC1CC1. The lowest BCUT2D eigenvalue weighted by molar-refractivity contribution is -0.143. The Kier molecular flexibility index (Phi) is 2.54. The standard InChI is InChI=1S/C10H17NO2/c12-10(13)8-3-1-2-4-9(8)11-7-5-6-7/h7-9,11H,1-6H2,(H,12,13)/t8-,9-/m0/s1. The van der Waals surface area contributed by atoms with Gasteiger partial charge in [-0.15, -0.1) is 0 Å². The first kappa shape index (κ1) is 9.00. The summed E-state index contributed by atoms with van der Waals surface area (Å²) in [5, 5.41) is 12.4. The number of carbonyl (C=O) groups is 1. The van der Waals surface area contributed by atoms with Crippen LogP contribution in [0.3, 0.4) is 0 Å². The smallest absolute Gasteiger partial charge is 0.308 e. The Hall–Kier alpha value is -0.570. The first-order valence-corrected chi connectivity index (χ1v) is 5.26. The van der Waals surface area contributed by atoms with Crippen LogP contribution in [0.25, 0.3) is 0 Å². The number of carboxylic acid groups (broad SMARTS) is 1. The zero-order valence-electron chi connectivity index (χ0n) is 7.83. The van der Waals surface area contributed by atoms with Crippen molar-refractivity contribution in [2.75, 3.05) is 0 Å². The van der Waals surface area contributed by atoms with E-state index in [1.54, 1.807) is 0 Å². The molecule has 2 saturated carbocycles. The van der Waals surface area contributed by atoms with Gasteiger partial charge in [0.2, 0.25) is 0 Å². The van der Waals surface area contributed by atoms with E-state index >= 15 is 0 Å². The molecule has 2 fully saturated rings. The highest BCUT2D eigenvalue weighted by Gasteiger charge is 2.34. The van der Waals surface area contributed by atoms with Crippen LogP contribution >= 0.6 is 0 Å². The van der Waals surface area contributed by atoms with E-state index in [2.05, 4.69) is 5.32 Å². The molecule has 0 aromatic carbocycles. The Bertz CT molecular complexity index is 201. The average Bonchev–Trinajstić information content (AvgIpc) is 2.89. The fourth-order valence-electron chi connectivity index (χ4n) is 2.18. The van der Waals surface area contributed by atoms with Crippen molar-refractivity contribution >= 4 is 5.97 Å². The highest BCUT2D eigenvalue weighted by molar-refractivity contribution is 5.71. The number of carboxylic acids is 1. The Balaban J connectivity index is 1.90. The van der Waals surface area contributed by atoms with Crippen molar-refractivity contribution < 1.29 is 9.90 Å². The third-order valence-electron chi connectivity index (χ3n) is 3.11. The Morgan fingerprint density at radius 1 is 1.15 bits per heavy atom. The topological polar surface area (TPSA) is 49.3 Å². The summed E-state index contributed by atoms with van der Waals surface area (Å²) in [5.74, 6) is -0.743. The second-order valence-electron chi connectivity index (χ2n) is 4.28. The van der Waals surface area contributed by atoms with E-state index in [0.29, 0.717) is 6.04 Å². The number of hydrogen-bond donors (Lipinski definition) is 2. The molecule has 3 heteroatoms. The van der Waals surface area contributed by atoms with Crippen LogP contribution in [-0.2, 0) is 4.79 Å². The first-order valence-electron chi connectivity index (χ1n) is 5.26. The second kappa shape index (κ2) is 3.66. The van der Waals surface area contributed by atoms with Gasteiger partial charge in [0, 0.05) is 12.1 Å². The highest BCUT2D eigenvalue weighted by atomic mass is 16.4. The molecule has 3 nitrogen and oxygen atoms in total. The number of aliphatic carboxylic acids is 1. The summed E-state index contributed by atoms with van der Waals surface area (Å²) in [5.41, 5.74) is 0. The van der Waals surface area contributed by atoms with Crippen LogP contribution in [0.2, 0.25) is 0 Å². The van der Waals surface area contributed by atoms with Gasteiger partial charge in [-0.1, -0.05) is 12.8 Å². The fraction of sp³-hybridized carbons (Fsp3) is 0.900. The van der Waals surface area contributed by atoms with Crippen LogP contribution in [0.5, 0.6) is 0 Å². The van der Waals surface area contributed by atoms with Gasteiger partial charge in [-0.25, -0.2) is 0 Å². The van der Waals surface area contributed by atoms with Crippen molar-refractivity contribution in [1.29, 1.82) is 0 Å². The van der Waals surface area contributed by atoms with Crippen molar-refractivity contribution in [3.8, 4) is 0 Å². The summed E-state index contributed by atoms with van der Waals surface area (Å²) in [4.78, 5) is 10.9. The molecule has 2 aliphatic rings. The van der Waals surface area contributed by atoms with Crippen molar-refractivity contribution in [3.63, 3.8) is 0 Å². The monoisotopic (exact) mass is 183 g/mol. The summed E-state index contributed by atoms with van der Waals surface area (Å²) in [7, 11) is 0. The molecule has 2 aliphatic carbocycles. The van der Waals surface area contributed by atoms with Crippen LogP contribution < -0.4 is 5.32 Å². The molecule has 0 radical (unpaired) electrons. The summed E-state index contributed by atoms with van der Waals surface area (Å²) < 4.78 is 0. The Labute approximate surface area is 78.5 Å². The zero-order chi connectivity index (χ0) is 9.26. The number of rotatable bonds is 3. The number of hydrogen-bond acceptors (Lipinski definition) is 2. The van der Waals surface area contributed by atoms with Crippen molar-refractivity contribution in [2.45, 2.75) is 50.6 Å². The van der Waals surface area contributed by atoms with E-state index in [9.17, 15) is 4.79 Å². The van der Waals surface area contributed by atoms with Gasteiger partial charge in [-0.05, 0) is 25.7 Å². The summed E-state index contributed by atoms with van der Waals surface area (Å²) in [6.45, 7) is 0. The predicted molar refractivity (Wildman–Crippen MR) is 49.5 cm³/mol. The van der Waals surface area contributed by atoms with Gasteiger partial charge in [-0.3, -0.25) is 4.79 Å². The molecule has 0 aromatic rings. The maximum Gasteiger partial charge on any atom is 0.308 e. The molecule has 0 aromatic heterocycles. The average molecular weight is 183 g/mol. The molecular weight excluding hydrogens is 166 g/mol. The Morgan fingerprint density at radius 2 is 1.85 bits per heavy atom. The first-order chi connectivity index (χ1) is 6.27. The quantitative estimate of drug-likeness (QED) is 0.695. The van der Waals surface area contributed by atoms with Crippen LogP contribution in [0.1, 0.15) is 38.5 Å². The maximum atomic E-state index is 10.9. The second-order valence-corrected chi connectivity index (χ2v) is 4.28. The largest absolute Gasteiger partial charge is 0.481 e. The van der Waals surface area contributed by atoms with Crippen LogP contribution in [0.4, 0.5) is 0 Å². The Morgan fingerprint density at radius 3 is 2.46 bits per heavy atom. The number of nitrogens with one attached hydrogen (secondary N) is 1. The summed E-state index contributed by atoms with van der Waals surface area (Å²) in [6, 6.07) is 0.878. The van der Waals surface area contributed by atoms with Crippen molar-refractivity contribution in [1.82, 2.24) is 5.32 Å². The van der Waals surface area contributed by atoms with Gasteiger partial charge in [0.15, 0.2) is 0 Å². The molecule has 74 valence electrons. The van der Waals surface area contributed by atoms with Gasteiger partial charge < -0.3 is 10.4 Å². The van der Waals surface area contributed by atoms with E-state index in [0.717, 1.165) is 19.3 Å². The van der Waals surface area contributed by atoms with Gasteiger partial charge >= 0.3 is 5.97 Å². The summed E-state index contributed by atoms with van der Waals surface area (Å²) in [6.07, 6.45) is 6.66. The van der Waals surface area contributed by atoms with Crippen LogP contribution in [0, 0.1) is 5.92 Å². The molecular formula is C10H17NO2. The van der Waals surface area contributed by atoms with Crippen LogP contribution in [-0.4, -0.2) is 23.2 Å². The molecule has 2 atom stereocenters. The van der Waals surface area contributed by atoms with Gasteiger partial charge in [0.1, 0.15) is 0 Å². The lowest BCUT2D eigenvalue weighted by atomic mass is 9.84. The molecule has 2 N–H and O–H groups in total. The van der Waals surface area contributed by atoms with E-state index < -0.39 is 5.97 Å². The molecule has 2 rings (SSSR count). The molecule has 0 amide bonds. The third-order valence-corrected chi connectivity index (χ3v) is 3.11. The van der Waals surface area contributed by atoms with E-state index in [1.807, 2.05) is 0 Å². The molecule has 13 heavy (non-hydrogen) atoms. The van der Waals surface area contributed by atoms with Gasteiger partial charge in [0.05, 0.1) is 5.92 Å². The molecule has 0 spiro atoms. The minimum atomic E-state index is -0.613. The minimum absolute atomic E-state index is 0.130. The molecule has 0 saturated heterocycles. The van der Waals surface area contributed by atoms with E-state index in [1.165, 1.54) is 19.3 Å². The normalized spacial score (nSPS) is 34.5. The molecule has 0 unspecified atom stereocenters. The van der Waals surface area contributed by atoms with Crippen molar-refractivity contribution in [2.24, 2.45) is 5.92 Å². The van der Waals surface area contributed by atoms with E-state index in [-0.39, 0.29) is 12.0 Å². The van der Waals surface area contributed by atoms with Crippen LogP contribution in [0.15, 0.2) is 0 Å². The van der Waals surface area contributed by atoms with Crippen molar-refractivity contribution in [3.05, 3.63) is 0 Å². The summed E-state index contributed by atoms with van der Waals surface area (Å²) >= 11 is 0. The molecule has 0 bridgehead atoms. The van der Waals surface area contributed by atoms with E-state index in [4.69, 9.17) is 5.11 Å². The molecule has 0 heterocycles. The molecule has 0 aliphatic heterocycles. The lowest BCUT2D eigenvalue weighted by Gasteiger charge is -2.29. The zero-order valence-corrected chi connectivity index (χ0v) is 7.83.